The molecule has 1 unspecified atom stereocenters. The molecule has 5 rings (SSSR count). The highest BCUT2D eigenvalue weighted by Gasteiger charge is 2.24. The quantitative estimate of drug-likeness (QED) is 0.235. The molecule has 1 atom stereocenters. The van der Waals surface area contributed by atoms with Gasteiger partial charge in [-0.25, -0.2) is 4.98 Å². The summed E-state index contributed by atoms with van der Waals surface area (Å²) in [4.78, 5) is 33.3. The van der Waals surface area contributed by atoms with Crippen molar-refractivity contribution < 1.29 is 9.59 Å². The molecule has 1 aromatic heterocycles. The van der Waals surface area contributed by atoms with Crippen LogP contribution in [-0.4, -0.2) is 27.4 Å². The van der Waals surface area contributed by atoms with Crippen LogP contribution in [0.4, 0.5) is 5.69 Å². The SMILES string of the molecule is CC(NC(=O)Cc1ccc(-c2ccccc2)cc1)c1nc2ccccc2n1CC(=O)N(c1ccccc1)C(C)C. The Balaban J connectivity index is 1.34. The van der Waals surface area contributed by atoms with Gasteiger partial charge in [0.05, 0.1) is 23.5 Å². The van der Waals surface area contributed by atoms with Crippen LogP contribution in [0.2, 0.25) is 0 Å². The normalized spacial score (nSPS) is 11.9. The number of fused-ring (bicyclic) bond motifs is 1. The number of rotatable bonds is 9. The predicted octanol–water partition coefficient (Wildman–Crippen LogP) is 6.56. The standard InChI is InChI=1S/C34H34N4O2/c1-24(2)38(29-14-8-5-9-15-29)33(40)23-37-31-17-11-10-16-30(31)36-34(37)25(3)35-32(39)22-26-18-20-28(21-19-26)27-12-6-4-7-13-27/h4-21,24-25H,22-23H2,1-3H3,(H,35,39). The van der Waals surface area contributed by atoms with Gasteiger partial charge in [-0.3, -0.25) is 9.59 Å². The van der Waals surface area contributed by atoms with E-state index in [-0.39, 0.29) is 36.9 Å². The second kappa shape index (κ2) is 12.0. The number of para-hydroxylation sites is 3. The lowest BCUT2D eigenvalue weighted by Gasteiger charge is -2.28. The minimum absolute atomic E-state index is 0.0152. The highest BCUT2D eigenvalue weighted by atomic mass is 16.2. The molecule has 1 N–H and O–H groups in total. The van der Waals surface area contributed by atoms with Gasteiger partial charge in [-0.15, -0.1) is 0 Å². The van der Waals surface area contributed by atoms with Crippen LogP contribution in [0.5, 0.6) is 0 Å². The number of hydrogen-bond donors (Lipinski definition) is 1. The van der Waals surface area contributed by atoms with Gasteiger partial charge in [0.15, 0.2) is 0 Å². The zero-order valence-electron chi connectivity index (χ0n) is 23.1. The van der Waals surface area contributed by atoms with Crippen LogP contribution < -0.4 is 10.2 Å². The summed E-state index contributed by atoms with van der Waals surface area (Å²) in [6, 6.07) is 35.3. The third-order valence-corrected chi connectivity index (χ3v) is 6.99. The minimum Gasteiger partial charge on any atom is -0.346 e. The third kappa shape index (κ3) is 5.96. The Bertz CT molecular complexity index is 1590. The fourth-order valence-electron chi connectivity index (χ4n) is 5.11. The van der Waals surface area contributed by atoms with Gasteiger partial charge in [-0.1, -0.05) is 84.9 Å². The lowest BCUT2D eigenvalue weighted by atomic mass is 10.0. The van der Waals surface area contributed by atoms with Crippen LogP contribution in [0, 0.1) is 0 Å². The van der Waals surface area contributed by atoms with Crippen molar-refractivity contribution in [2.24, 2.45) is 0 Å². The highest BCUT2D eigenvalue weighted by molar-refractivity contribution is 5.94. The largest absolute Gasteiger partial charge is 0.346 e. The van der Waals surface area contributed by atoms with Crippen molar-refractivity contribution in [3.8, 4) is 11.1 Å². The molecule has 1 heterocycles. The van der Waals surface area contributed by atoms with Crippen molar-refractivity contribution in [1.29, 1.82) is 0 Å². The van der Waals surface area contributed by atoms with Crippen LogP contribution in [0.3, 0.4) is 0 Å². The number of anilines is 1. The molecule has 0 saturated heterocycles. The first-order chi connectivity index (χ1) is 19.4. The zero-order chi connectivity index (χ0) is 28.1. The average Bonchev–Trinajstić information content (AvgIpc) is 3.33. The second-order valence-corrected chi connectivity index (χ2v) is 10.3. The lowest BCUT2D eigenvalue weighted by Crippen LogP contribution is -2.40. The van der Waals surface area contributed by atoms with Crippen LogP contribution >= 0.6 is 0 Å². The monoisotopic (exact) mass is 530 g/mol. The van der Waals surface area contributed by atoms with E-state index < -0.39 is 0 Å². The molecule has 4 aromatic carbocycles. The smallest absolute Gasteiger partial charge is 0.247 e. The van der Waals surface area contributed by atoms with Gasteiger partial charge in [-0.2, -0.15) is 0 Å². The topological polar surface area (TPSA) is 67.2 Å². The van der Waals surface area contributed by atoms with Crippen molar-refractivity contribution in [3.05, 3.63) is 121 Å². The number of nitrogens with zero attached hydrogens (tertiary/aromatic N) is 3. The number of benzene rings is 4. The summed E-state index contributed by atoms with van der Waals surface area (Å²) in [7, 11) is 0. The van der Waals surface area contributed by atoms with E-state index in [1.54, 1.807) is 4.90 Å². The van der Waals surface area contributed by atoms with E-state index in [9.17, 15) is 9.59 Å². The number of nitrogens with one attached hydrogen (secondary N) is 1. The fourth-order valence-corrected chi connectivity index (χ4v) is 5.11. The molecule has 202 valence electrons. The highest BCUT2D eigenvalue weighted by Crippen LogP contribution is 2.24. The summed E-state index contributed by atoms with van der Waals surface area (Å²) < 4.78 is 1.93. The minimum atomic E-state index is -0.388. The van der Waals surface area contributed by atoms with Gasteiger partial charge in [0.2, 0.25) is 11.8 Å². The Kier molecular flexibility index (Phi) is 8.06. The molecule has 0 bridgehead atoms. The van der Waals surface area contributed by atoms with E-state index in [4.69, 9.17) is 4.98 Å². The van der Waals surface area contributed by atoms with Crippen LogP contribution in [0.1, 0.15) is 38.2 Å². The van der Waals surface area contributed by atoms with E-state index in [1.165, 1.54) is 0 Å². The fraction of sp³-hybridized carbons (Fsp3) is 0.206. The number of carbonyl (C=O) groups is 2. The number of carbonyl (C=O) groups excluding carboxylic acids is 2. The van der Waals surface area contributed by atoms with Crippen molar-refractivity contribution in [2.75, 3.05) is 4.90 Å². The molecule has 0 aliphatic heterocycles. The number of imidazole rings is 1. The molecular formula is C34H34N4O2. The van der Waals surface area contributed by atoms with Crippen LogP contribution in [-0.2, 0) is 22.6 Å². The Hall–Kier alpha value is -4.71. The van der Waals surface area contributed by atoms with Gasteiger partial charge < -0.3 is 14.8 Å². The van der Waals surface area contributed by atoms with Gasteiger partial charge in [0, 0.05) is 11.7 Å². The first-order valence-electron chi connectivity index (χ1n) is 13.7. The molecular weight excluding hydrogens is 496 g/mol. The van der Waals surface area contributed by atoms with Gasteiger partial charge in [0.25, 0.3) is 0 Å². The van der Waals surface area contributed by atoms with Crippen LogP contribution in [0.25, 0.3) is 22.2 Å². The summed E-state index contributed by atoms with van der Waals surface area (Å²) in [6.07, 6.45) is 0.258. The van der Waals surface area contributed by atoms with Gasteiger partial charge in [0.1, 0.15) is 12.4 Å². The van der Waals surface area contributed by atoms with Gasteiger partial charge >= 0.3 is 0 Å². The van der Waals surface area contributed by atoms with Crippen molar-refractivity contribution in [3.63, 3.8) is 0 Å². The maximum Gasteiger partial charge on any atom is 0.247 e. The summed E-state index contributed by atoms with van der Waals surface area (Å²) in [6.45, 7) is 6.04. The average molecular weight is 531 g/mol. The second-order valence-electron chi connectivity index (χ2n) is 10.3. The Morgan fingerprint density at radius 3 is 2.05 bits per heavy atom. The van der Waals surface area contributed by atoms with E-state index in [2.05, 4.69) is 17.4 Å². The predicted molar refractivity (Wildman–Crippen MR) is 161 cm³/mol. The van der Waals surface area contributed by atoms with E-state index in [1.807, 2.05) is 122 Å². The molecule has 0 aliphatic carbocycles. The number of aromatic nitrogens is 2. The molecule has 0 aliphatic rings. The molecule has 2 amide bonds. The summed E-state index contributed by atoms with van der Waals surface area (Å²) in [5.74, 6) is 0.514. The Labute approximate surface area is 235 Å². The molecule has 6 nitrogen and oxygen atoms in total. The van der Waals surface area contributed by atoms with Crippen molar-refractivity contribution in [2.45, 2.75) is 45.8 Å². The maximum atomic E-state index is 13.7. The first-order valence-corrected chi connectivity index (χ1v) is 13.7. The molecule has 0 saturated carbocycles. The van der Waals surface area contributed by atoms with Crippen LogP contribution in [0.15, 0.2) is 109 Å². The summed E-state index contributed by atoms with van der Waals surface area (Å²) >= 11 is 0. The molecule has 0 radical (unpaired) electrons. The first kappa shape index (κ1) is 26.9. The molecule has 5 aromatic rings. The lowest BCUT2D eigenvalue weighted by molar-refractivity contribution is -0.121. The Morgan fingerprint density at radius 2 is 1.38 bits per heavy atom. The molecule has 0 spiro atoms. The van der Waals surface area contributed by atoms with E-state index >= 15 is 0 Å². The molecule has 40 heavy (non-hydrogen) atoms. The molecule has 6 heteroatoms. The van der Waals surface area contributed by atoms with Gasteiger partial charge in [-0.05, 0) is 61.7 Å². The molecule has 0 fully saturated rings. The van der Waals surface area contributed by atoms with E-state index in [0.717, 1.165) is 33.4 Å². The zero-order valence-corrected chi connectivity index (χ0v) is 23.1. The number of amides is 2. The summed E-state index contributed by atoms with van der Waals surface area (Å²) in [5.41, 5.74) is 5.70. The third-order valence-electron chi connectivity index (χ3n) is 6.99. The van der Waals surface area contributed by atoms with Crippen molar-refractivity contribution >= 4 is 28.5 Å². The van der Waals surface area contributed by atoms with Crippen molar-refractivity contribution in [1.82, 2.24) is 14.9 Å². The summed E-state index contributed by atoms with van der Waals surface area (Å²) in [5, 5.41) is 3.10. The maximum absolute atomic E-state index is 13.7. The Morgan fingerprint density at radius 1 is 0.775 bits per heavy atom. The number of hydrogen-bond acceptors (Lipinski definition) is 3. The van der Waals surface area contributed by atoms with E-state index in [0.29, 0.717) is 5.82 Å².